The zero-order valence-corrected chi connectivity index (χ0v) is 18.5. The second-order valence-electron chi connectivity index (χ2n) is 8.64. The van der Waals surface area contributed by atoms with Gasteiger partial charge in [-0.3, -0.25) is 14.6 Å². The maximum atomic E-state index is 12.9. The van der Waals surface area contributed by atoms with Gasteiger partial charge in [0.15, 0.2) is 15.6 Å². The number of carbonyl (C=O) groups is 2. The molecule has 0 bridgehead atoms. The van der Waals surface area contributed by atoms with Crippen LogP contribution in [0.1, 0.15) is 29.8 Å². The lowest BCUT2D eigenvalue weighted by Crippen LogP contribution is -2.55. The van der Waals surface area contributed by atoms with Crippen LogP contribution < -0.4 is 15.1 Å². The van der Waals surface area contributed by atoms with Crippen LogP contribution in [0.4, 0.5) is 17.3 Å². The number of anilines is 3. The molecule has 0 unspecified atom stereocenters. The van der Waals surface area contributed by atoms with Crippen LogP contribution in [-0.2, 0) is 14.6 Å². The van der Waals surface area contributed by atoms with E-state index in [1.165, 1.54) is 6.26 Å². The molecular weight excluding hydrogens is 432 g/mol. The highest BCUT2D eigenvalue weighted by atomic mass is 32.2. The highest BCUT2D eigenvalue weighted by Crippen LogP contribution is 2.32. The van der Waals surface area contributed by atoms with Gasteiger partial charge >= 0.3 is 0 Å². The predicted molar refractivity (Wildman–Crippen MR) is 119 cm³/mol. The molecule has 2 aromatic rings. The molecule has 2 aliphatic heterocycles. The standard InChI is InChI=1S/C21H24N6O4S/c1-32(30,31)16-11-26(12-16)21-23-9-15(10-24-21)27-7-6-18(20(27)29)25-14-4-5-17(22-8-14)19(28)13-2-3-13/h4-5,8-10,13,16,18,25H,2-3,6-7,11-12H2,1H3/t18-/m1/s1. The Morgan fingerprint density at radius 1 is 1.06 bits per heavy atom. The van der Waals surface area contributed by atoms with Crippen molar-refractivity contribution in [2.75, 3.05) is 41.0 Å². The fourth-order valence-electron chi connectivity index (χ4n) is 3.94. The van der Waals surface area contributed by atoms with Gasteiger partial charge in [0.25, 0.3) is 0 Å². The molecule has 0 radical (unpaired) electrons. The summed E-state index contributed by atoms with van der Waals surface area (Å²) >= 11 is 0. The molecule has 11 heteroatoms. The molecule has 0 aromatic carbocycles. The van der Waals surface area contributed by atoms with Gasteiger partial charge < -0.3 is 15.1 Å². The maximum absolute atomic E-state index is 12.9. The summed E-state index contributed by atoms with van der Waals surface area (Å²) in [4.78, 5) is 41.3. The number of nitrogens with one attached hydrogen (secondary N) is 1. The normalized spacial score (nSPS) is 21.5. The minimum absolute atomic E-state index is 0.0828. The Bertz CT molecular complexity index is 1140. The summed E-state index contributed by atoms with van der Waals surface area (Å²) in [7, 11) is -3.05. The Hall–Kier alpha value is -3.08. The van der Waals surface area contributed by atoms with E-state index in [2.05, 4.69) is 20.3 Å². The highest BCUT2D eigenvalue weighted by molar-refractivity contribution is 7.91. The number of amides is 1. The fraction of sp³-hybridized carbons (Fsp3) is 0.476. The smallest absolute Gasteiger partial charge is 0.249 e. The Balaban J connectivity index is 1.19. The molecule has 3 aliphatic rings. The molecule has 1 atom stereocenters. The van der Waals surface area contributed by atoms with Crippen molar-refractivity contribution in [2.45, 2.75) is 30.6 Å². The largest absolute Gasteiger partial charge is 0.372 e. The van der Waals surface area contributed by atoms with Crippen molar-refractivity contribution in [1.29, 1.82) is 0 Å². The van der Waals surface area contributed by atoms with Gasteiger partial charge in [-0.05, 0) is 31.4 Å². The third-order valence-corrected chi connectivity index (χ3v) is 7.69. The summed E-state index contributed by atoms with van der Waals surface area (Å²) in [5.41, 5.74) is 1.77. The van der Waals surface area contributed by atoms with Gasteiger partial charge in [0.05, 0.1) is 35.2 Å². The van der Waals surface area contributed by atoms with Gasteiger partial charge in [0, 0.05) is 31.8 Å². The van der Waals surface area contributed by atoms with Crippen molar-refractivity contribution < 1.29 is 18.0 Å². The van der Waals surface area contributed by atoms with Crippen LogP contribution >= 0.6 is 0 Å². The quantitative estimate of drug-likeness (QED) is 0.605. The molecule has 3 fully saturated rings. The van der Waals surface area contributed by atoms with E-state index in [9.17, 15) is 18.0 Å². The molecule has 1 aliphatic carbocycles. The number of carbonyl (C=O) groups excluding carboxylic acids is 2. The first kappa shape index (κ1) is 20.8. The van der Waals surface area contributed by atoms with Gasteiger partial charge in [-0.2, -0.15) is 0 Å². The fourth-order valence-corrected chi connectivity index (χ4v) is 4.84. The molecule has 1 amide bonds. The lowest BCUT2D eigenvalue weighted by Gasteiger charge is -2.37. The number of nitrogens with zero attached hydrogens (tertiary/aromatic N) is 5. The van der Waals surface area contributed by atoms with Crippen LogP contribution in [0.15, 0.2) is 30.7 Å². The zero-order valence-electron chi connectivity index (χ0n) is 17.6. The minimum atomic E-state index is -3.05. The number of pyridine rings is 1. The SMILES string of the molecule is CS(=O)(=O)C1CN(c2ncc(N3CC[C@@H](Nc4ccc(C(=O)C5CC5)nc4)C3=O)cn2)C1. The topological polar surface area (TPSA) is 125 Å². The molecule has 10 nitrogen and oxygen atoms in total. The summed E-state index contributed by atoms with van der Waals surface area (Å²) in [6, 6.07) is 3.09. The van der Waals surface area contributed by atoms with Crippen molar-refractivity contribution >= 4 is 38.9 Å². The second-order valence-corrected chi connectivity index (χ2v) is 11.0. The van der Waals surface area contributed by atoms with Gasteiger partial charge in [0.2, 0.25) is 11.9 Å². The Morgan fingerprint density at radius 3 is 2.38 bits per heavy atom. The molecule has 0 spiro atoms. The lowest BCUT2D eigenvalue weighted by molar-refractivity contribution is -0.117. The summed E-state index contributed by atoms with van der Waals surface area (Å²) in [6.07, 6.45) is 8.52. The van der Waals surface area contributed by atoms with Gasteiger partial charge in [-0.1, -0.05) is 0 Å². The average Bonchev–Trinajstić information content (AvgIpc) is 3.51. The number of Topliss-reactive ketones (excluding diaryl/α,β-unsaturated/α-hetero) is 1. The molecular formula is C21H24N6O4S. The minimum Gasteiger partial charge on any atom is -0.372 e. The van der Waals surface area contributed by atoms with Crippen molar-refractivity contribution in [2.24, 2.45) is 5.92 Å². The van der Waals surface area contributed by atoms with E-state index in [0.29, 0.717) is 49.1 Å². The average molecular weight is 457 g/mol. The van der Waals surface area contributed by atoms with Gasteiger partial charge in [-0.15, -0.1) is 0 Å². The lowest BCUT2D eigenvalue weighted by atomic mass is 10.1. The van der Waals surface area contributed by atoms with Crippen molar-refractivity contribution in [3.05, 3.63) is 36.4 Å². The molecule has 4 heterocycles. The van der Waals surface area contributed by atoms with E-state index in [1.807, 2.05) is 0 Å². The van der Waals surface area contributed by atoms with Crippen LogP contribution in [-0.4, -0.2) is 72.2 Å². The highest BCUT2D eigenvalue weighted by Gasteiger charge is 2.37. The third-order valence-electron chi connectivity index (χ3n) is 6.18. The molecule has 2 saturated heterocycles. The van der Waals surface area contributed by atoms with E-state index in [4.69, 9.17) is 0 Å². The second kappa shape index (κ2) is 7.80. The van der Waals surface area contributed by atoms with Crippen molar-refractivity contribution in [3.8, 4) is 0 Å². The molecule has 32 heavy (non-hydrogen) atoms. The van der Waals surface area contributed by atoms with Crippen LogP contribution in [0.25, 0.3) is 0 Å². The van der Waals surface area contributed by atoms with E-state index in [-0.39, 0.29) is 22.9 Å². The van der Waals surface area contributed by atoms with E-state index < -0.39 is 15.9 Å². The summed E-state index contributed by atoms with van der Waals surface area (Å²) < 4.78 is 23.1. The number of hydrogen-bond acceptors (Lipinski definition) is 9. The first-order valence-electron chi connectivity index (χ1n) is 10.6. The van der Waals surface area contributed by atoms with Gasteiger partial charge in [0.1, 0.15) is 11.7 Å². The Morgan fingerprint density at radius 2 is 1.78 bits per heavy atom. The molecule has 1 saturated carbocycles. The van der Waals surface area contributed by atoms with Crippen LogP contribution in [0, 0.1) is 5.92 Å². The zero-order chi connectivity index (χ0) is 22.5. The number of ketones is 1. The van der Waals surface area contributed by atoms with Crippen LogP contribution in [0.3, 0.4) is 0 Å². The summed E-state index contributed by atoms with van der Waals surface area (Å²) in [5.74, 6) is 0.595. The molecule has 2 aromatic heterocycles. The summed E-state index contributed by atoms with van der Waals surface area (Å²) in [6.45, 7) is 1.29. The maximum Gasteiger partial charge on any atom is 0.249 e. The monoisotopic (exact) mass is 456 g/mol. The van der Waals surface area contributed by atoms with E-state index >= 15 is 0 Å². The van der Waals surface area contributed by atoms with Crippen molar-refractivity contribution in [3.63, 3.8) is 0 Å². The molecule has 1 N–H and O–H groups in total. The Kier molecular flexibility index (Phi) is 5.07. The number of aromatic nitrogens is 3. The van der Waals surface area contributed by atoms with E-state index in [1.54, 1.807) is 40.5 Å². The summed E-state index contributed by atoms with van der Waals surface area (Å²) in [5, 5.41) is 2.82. The third kappa shape index (κ3) is 4.04. The van der Waals surface area contributed by atoms with Gasteiger partial charge in [-0.25, -0.2) is 18.4 Å². The Labute approximate surface area is 186 Å². The predicted octanol–water partition coefficient (Wildman–Crippen LogP) is 0.915. The first-order valence-corrected chi connectivity index (χ1v) is 12.6. The number of hydrogen-bond donors (Lipinski definition) is 1. The first-order chi connectivity index (χ1) is 15.3. The molecule has 168 valence electrons. The van der Waals surface area contributed by atoms with E-state index in [0.717, 1.165) is 12.8 Å². The van der Waals surface area contributed by atoms with Crippen LogP contribution in [0.2, 0.25) is 0 Å². The molecule has 5 rings (SSSR count). The number of rotatable bonds is 7. The number of sulfone groups is 1. The van der Waals surface area contributed by atoms with Crippen LogP contribution in [0.5, 0.6) is 0 Å². The van der Waals surface area contributed by atoms with Crippen molar-refractivity contribution in [1.82, 2.24) is 15.0 Å².